The van der Waals surface area contributed by atoms with E-state index in [9.17, 15) is 9.59 Å². The van der Waals surface area contributed by atoms with Crippen LogP contribution < -0.4 is 31.9 Å². The summed E-state index contributed by atoms with van der Waals surface area (Å²) in [6.07, 6.45) is 1.53. The third kappa shape index (κ3) is 8.84. The van der Waals surface area contributed by atoms with E-state index in [2.05, 4.69) is 135 Å². The topological polar surface area (TPSA) is 58.2 Å². The molecule has 0 saturated heterocycles. The molecule has 0 aliphatic rings. The molecule has 4 rings (SSSR count). The monoisotopic (exact) mass is 596 g/mol. The molecular formula is C36H42N2O2P2. The van der Waals surface area contributed by atoms with E-state index in [-0.39, 0.29) is 23.9 Å². The zero-order valence-electron chi connectivity index (χ0n) is 25.0. The molecule has 4 aromatic rings. The molecule has 4 nitrogen and oxygen atoms in total. The first-order chi connectivity index (χ1) is 20.3. The minimum atomic E-state index is -0.707. The molecule has 42 heavy (non-hydrogen) atoms. The Balaban J connectivity index is 1.49. The summed E-state index contributed by atoms with van der Waals surface area (Å²) in [4.78, 5) is 26.8. The van der Waals surface area contributed by atoms with Gasteiger partial charge in [0.2, 0.25) is 0 Å². The second-order valence-electron chi connectivity index (χ2n) is 11.2. The van der Waals surface area contributed by atoms with Gasteiger partial charge in [-0.15, -0.1) is 0 Å². The first-order valence-electron chi connectivity index (χ1n) is 14.7. The van der Waals surface area contributed by atoms with Gasteiger partial charge >= 0.3 is 11.8 Å². The Labute approximate surface area is 253 Å². The third-order valence-electron chi connectivity index (χ3n) is 7.48. The summed E-state index contributed by atoms with van der Waals surface area (Å²) in [6.45, 7) is 8.43. The smallest absolute Gasteiger partial charge is 0.309 e. The lowest BCUT2D eigenvalue weighted by molar-refractivity contribution is -0.140. The lowest BCUT2D eigenvalue weighted by Crippen LogP contribution is -2.52. The van der Waals surface area contributed by atoms with Crippen molar-refractivity contribution >= 4 is 48.9 Å². The van der Waals surface area contributed by atoms with E-state index < -0.39 is 27.7 Å². The molecule has 218 valence electrons. The van der Waals surface area contributed by atoms with Gasteiger partial charge in [0.15, 0.2) is 0 Å². The van der Waals surface area contributed by atoms with Crippen LogP contribution in [-0.2, 0) is 9.59 Å². The second kappa shape index (κ2) is 15.8. The third-order valence-corrected chi connectivity index (χ3v) is 12.7. The van der Waals surface area contributed by atoms with Crippen LogP contribution in [0.1, 0.15) is 27.7 Å². The maximum atomic E-state index is 13.4. The van der Waals surface area contributed by atoms with Gasteiger partial charge in [-0.25, -0.2) is 0 Å². The molecule has 2 amide bonds. The van der Waals surface area contributed by atoms with Crippen molar-refractivity contribution in [2.24, 2.45) is 11.8 Å². The van der Waals surface area contributed by atoms with Gasteiger partial charge in [0.25, 0.3) is 0 Å². The molecule has 6 heteroatoms. The van der Waals surface area contributed by atoms with Crippen molar-refractivity contribution in [1.29, 1.82) is 0 Å². The number of rotatable bonds is 12. The summed E-state index contributed by atoms with van der Waals surface area (Å²) in [6, 6.07) is 41.7. The van der Waals surface area contributed by atoms with Gasteiger partial charge in [-0.05, 0) is 61.2 Å². The predicted octanol–water partition coefficient (Wildman–Crippen LogP) is 5.53. The van der Waals surface area contributed by atoms with Crippen molar-refractivity contribution in [3.05, 3.63) is 121 Å². The lowest BCUT2D eigenvalue weighted by atomic mass is 10.1. The number of amides is 2. The van der Waals surface area contributed by atoms with E-state index in [1.165, 1.54) is 21.2 Å². The quantitative estimate of drug-likeness (QED) is 0.167. The van der Waals surface area contributed by atoms with Crippen molar-refractivity contribution in [3.63, 3.8) is 0 Å². The molecule has 0 fully saturated rings. The molecule has 4 aromatic carbocycles. The minimum Gasteiger partial charge on any atom is -0.344 e. The van der Waals surface area contributed by atoms with Gasteiger partial charge in [0.05, 0.1) is 0 Å². The molecule has 0 radical (unpaired) electrons. The summed E-state index contributed by atoms with van der Waals surface area (Å²) in [7, 11) is -1.41. The number of carbonyl (C=O) groups is 2. The fourth-order valence-electron chi connectivity index (χ4n) is 4.86. The maximum absolute atomic E-state index is 13.4. The Kier molecular flexibility index (Phi) is 11.9. The summed E-state index contributed by atoms with van der Waals surface area (Å²) in [5, 5.41) is 11.3. The highest BCUT2D eigenvalue weighted by Crippen LogP contribution is 2.36. The Bertz CT molecular complexity index is 1200. The largest absolute Gasteiger partial charge is 0.344 e. The molecule has 0 unspecified atom stereocenters. The first-order valence-corrected chi connectivity index (χ1v) is 17.8. The number of hydrogen-bond donors (Lipinski definition) is 2. The molecule has 0 heterocycles. The highest BCUT2D eigenvalue weighted by molar-refractivity contribution is 7.73. The van der Waals surface area contributed by atoms with Crippen LogP contribution in [0.5, 0.6) is 0 Å². The average Bonchev–Trinajstić information content (AvgIpc) is 3.02. The van der Waals surface area contributed by atoms with Gasteiger partial charge in [-0.1, -0.05) is 149 Å². The normalized spacial score (nSPS) is 12.9. The zero-order chi connectivity index (χ0) is 29.9. The van der Waals surface area contributed by atoms with E-state index >= 15 is 0 Å². The van der Waals surface area contributed by atoms with Gasteiger partial charge in [0, 0.05) is 12.1 Å². The molecule has 0 bridgehead atoms. The molecule has 0 aliphatic carbocycles. The first kappa shape index (κ1) is 31.6. The lowest BCUT2D eigenvalue weighted by Gasteiger charge is -2.30. The van der Waals surface area contributed by atoms with E-state index in [0.717, 1.165) is 12.3 Å². The summed E-state index contributed by atoms with van der Waals surface area (Å²) in [5.74, 6) is -0.772. The van der Waals surface area contributed by atoms with Crippen LogP contribution >= 0.6 is 15.8 Å². The highest BCUT2D eigenvalue weighted by atomic mass is 31.1. The van der Waals surface area contributed by atoms with Crippen LogP contribution in [0.15, 0.2) is 121 Å². The van der Waals surface area contributed by atoms with Crippen molar-refractivity contribution in [1.82, 2.24) is 10.6 Å². The summed E-state index contributed by atoms with van der Waals surface area (Å²) >= 11 is 0. The summed E-state index contributed by atoms with van der Waals surface area (Å²) in [5.41, 5.74) is 0. The molecular weight excluding hydrogens is 554 g/mol. The van der Waals surface area contributed by atoms with E-state index in [4.69, 9.17) is 0 Å². The Morgan fingerprint density at radius 2 is 0.714 bits per heavy atom. The van der Waals surface area contributed by atoms with Gasteiger partial charge < -0.3 is 10.6 Å². The summed E-state index contributed by atoms with van der Waals surface area (Å²) < 4.78 is 0. The van der Waals surface area contributed by atoms with Crippen molar-refractivity contribution in [2.45, 2.75) is 39.8 Å². The molecule has 0 aliphatic heterocycles. The standard InChI is InChI=1S/C36H42N2O2P2/c1-27(2)33(25-41(29-17-9-5-10-18-29)30-19-11-6-12-20-30)37-35(39)36(40)38-34(28(3)4)26-42(31-21-13-7-14-22-31)32-23-15-8-16-24-32/h5-24,27-28,33-34H,25-26H2,1-4H3,(H,37,39)(H,38,40)/t33-,34-/m1/s1. The van der Waals surface area contributed by atoms with Crippen LogP contribution in [0.2, 0.25) is 0 Å². The molecule has 0 spiro atoms. The Morgan fingerprint density at radius 1 is 0.476 bits per heavy atom. The SMILES string of the molecule is CC(C)[C@@H](CP(c1ccccc1)c1ccccc1)NC(=O)C(=O)N[C@H](CP(c1ccccc1)c1ccccc1)C(C)C. The van der Waals surface area contributed by atoms with Crippen LogP contribution in [-0.4, -0.2) is 36.2 Å². The van der Waals surface area contributed by atoms with E-state index in [1.54, 1.807) is 0 Å². The van der Waals surface area contributed by atoms with Crippen LogP contribution in [0.25, 0.3) is 0 Å². The predicted molar refractivity (Wildman–Crippen MR) is 181 cm³/mol. The van der Waals surface area contributed by atoms with E-state index in [1.807, 2.05) is 24.3 Å². The van der Waals surface area contributed by atoms with Crippen LogP contribution in [0.4, 0.5) is 0 Å². The molecule has 2 atom stereocenters. The van der Waals surface area contributed by atoms with E-state index in [0.29, 0.717) is 0 Å². The number of nitrogens with one attached hydrogen (secondary N) is 2. The van der Waals surface area contributed by atoms with Crippen molar-refractivity contribution in [3.8, 4) is 0 Å². The zero-order valence-corrected chi connectivity index (χ0v) is 26.8. The average molecular weight is 597 g/mol. The molecule has 0 saturated carbocycles. The maximum Gasteiger partial charge on any atom is 0.309 e. The minimum absolute atomic E-state index is 0.141. The van der Waals surface area contributed by atoms with Crippen molar-refractivity contribution in [2.75, 3.05) is 12.3 Å². The van der Waals surface area contributed by atoms with Gasteiger partial charge in [-0.2, -0.15) is 0 Å². The Morgan fingerprint density at radius 3 is 0.929 bits per heavy atom. The van der Waals surface area contributed by atoms with Crippen LogP contribution in [0, 0.1) is 11.8 Å². The molecule has 0 aromatic heterocycles. The van der Waals surface area contributed by atoms with Gasteiger partial charge in [-0.3, -0.25) is 9.59 Å². The number of carbonyl (C=O) groups excluding carboxylic acids is 2. The van der Waals surface area contributed by atoms with Gasteiger partial charge in [0.1, 0.15) is 0 Å². The number of benzene rings is 4. The number of hydrogen-bond acceptors (Lipinski definition) is 2. The fraction of sp³-hybridized carbons (Fsp3) is 0.278. The molecule has 2 N–H and O–H groups in total. The second-order valence-corrected chi connectivity index (χ2v) is 15.7. The van der Waals surface area contributed by atoms with Crippen LogP contribution in [0.3, 0.4) is 0 Å². The fourth-order valence-corrected chi connectivity index (χ4v) is 10.2. The Hall–Kier alpha value is -3.32. The van der Waals surface area contributed by atoms with Crippen molar-refractivity contribution < 1.29 is 9.59 Å². The highest BCUT2D eigenvalue weighted by Gasteiger charge is 2.29.